The van der Waals surface area contributed by atoms with E-state index < -0.39 is 0 Å². The fourth-order valence-electron chi connectivity index (χ4n) is 3.42. The quantitative estimate of drug-likeness (QED) is 0.810. The molecule has 1 aliphatic heterocycles. The van der Waals surface area contributed by atoms with Crippen LogP contribution in [0, 0.1) is 5.41 Å². The predicted octanol–water partition coefficient (Wildman–Crippen LogP) is 2.55. The van der Waals surface area contributed by atoms with Gasteiger partial charge in [-0.05, 0) is 29.1 Å². The molecule has 1 fully saturated rings. The lowest BCUT2D eigenvalue weighted by Gasteiger charge is -2.43. The van der Waals surface area contributed by atoms with Crippen LogP contribution in [0.4, 0.5) is 0 Å². The molecule has 0 aliphatic carbocycles. The molecule has 1 aliphatic rings. The number of hydrogen-bond donors (Lipinski definition) is 3. The zero-order valence-electron chi connectivity index (χ0n) is 13.3. The van der Waals surface area contributed by atoms with Crippen LogP contribution in [-0.2, 0) is 0 Å². The molecule has 1 aromatic heterocycles. The van der Waals surface area contributed by atoms with Crippen molar-refractivity contribution in [3.8, 4) is 0 Å². The fraction of sp³-hybridized carbons (Fsp3) is 0.529. The summed E-state index contributed by atoms with van der Waals surface area (Å²) in [5.41, 5.74) is 2.30. The van der Waals surface area contributed by atoms with Gasteiger partial charge in [-0.25, -0.2) is 0 Å². The summed E-state index contributed by atoms with van der Waals surface area (Å²) in [6.45, 7) is 8.59. The Morgan fingerprint density at radius 2 is 1.95 bits per heavy atom. The van der Waals surface area contributed by atoms with Gasteiger partial charge >= 0.3 is 0 Å². The standard InChI is InChI=1S/C17H25N3O.ClH/c1-17(2,12-21)16(20-9-7-18-8-10-20)14-3-4-15-13(11-14)5-6-19-15;/h3-6,11,16,18-19,21H,7-10,12H2,1-2H3;1H/t16-;/m0./s1. The molecular weight excluding hydrogens is 298 g/mol. The first kappa shape index (κ1) is 17.3. The van der Waals surface area contributed by atoms with E-state index in [1.807, 2.05) is 6.20 Å². The Morgan fingerprint density at radius 1 is 1.23 bits per heavy atom. The Balaban J connectivity index is 0.00000176. The molecule has 0 bridgehead atoms. The van der Waals surface area contributed by atoms with Crippen LogP contribution in [0.1, 0.15) is 25.5 Å². The van der Waals surface area contributed by atoms with E-state index in [1.54, 1.807) is 0 Å². The van der Waals surface area contributed by atoms with Gasteiger partial charge in [-0.15, -0.1) is 12.4 Å². The highest BCUT2D eigenvalue weighted by atomic mass is 35.5. The number of aliphatic hydroxyl groups excluding tert-OH is 1. The third-order valence-corrected chi connectivity index (χ3v) is 4.56. The molecule has 0 saturated carbocycles. The minimum atomic E-state index is -0.165. The van der Waals surface area contributed by atoms with Crippen LogP contribution in [0.3, 0.4) is 0 Å². The Morgan fingerprint density at radius 3 is 2.64 bits per heavy atom. The number of nitrogens with one attached hydrogen (secondary N) is 2. The third-order valence-electron chi connectivity index (χ3n) is 4.56. The highest BCUT2D eigenvalue weighted by molar-refractivity contribution is 5.85. The van der Waals surface area contributed by atoms with Crippen molar-refractivity contribution in [2.45, 2.75) is 19.9 Å². The molecule has 5 heteroatoms. The van der Waals surface area contributed by atoms with Gasteiger partial charge in [-0.2, -0.15) is 0 Å². The maximum absolute atomic E-state index is 9.88. The first-order valence-corrected chi connectivity index (χ1v) is 7.74. The van der Waals surface area contributed by atoms with E-state index in [-0.39, 0.29) is 30.5 Å². The summed E-state index contributed by atoms with van der Waals surface area (Å²) >= 11 is 0. The minimum absolute atomic E-state index is 0. The lowest BCUT2D eigenvalue weighted by Crippen LogP contribution is -2.49. The maximum atomic E-state index is 9.88. The van der Waals surface area contributed by atoms with Crippen LogP contribution < -0.4 is 5.32 Å². The molecule has 1 atom stereocenters. The number of fused-ring (bicyclic) bond motifs is 1. The molecule has 1 aromatic carbocycles. The van der Waals surface area contributed by atoms with Gasteiger partial charge in [0.15, 0.2) is 0 Å². The normalized spacial score (nSPS) is 18.1. The topological polar surface area (TPSA) is 51.3 Å². The summed E-state index contributed by atoms with van der Waals surface area (Å²) in [4.78, 5) is 5.75. The summed E-state index contributed by atoms with van der Waals surface area (Å²) in [6.07, 6.45) is 1.98. The van der Waals surface area contributed by atoms with E-state index in [1.165, 1.54) is 16.5 Å². The number of hydrogen-bond acceptors (Lipinski definition) is 3. The zero-order valence-corrected chi connectivity index (χ0v) is 14.1. The van der Waals surface area contributed by atoms with E-state index >= 15 is 0 Å². The number of rotatable bonds is 4. The lowest BCUT2D eigenvalue weighted by atomic mass is 9.79. The van der Waals surface area contributed by atoms with Gasteiger partial charge in [0.25, 0.3) is 0 Å². The SMILES string of the molecule is CC(C)(CO)[C@H](c1ccc2[nH]ccc2c1)N1CCNCC1.Cl. The largest absolute Gasteiger partial charge is 0.396 e. The molecule has 2 heterocycles. The zero-order chi connectivity index (χ0) is 14.9. The second kappa shape index (κ2) is 7.01. The maximum Gasteiger partial charge on any atom is 0.0500 e. The highest BCUT2D eigenvalue weighted by Crippen LogP contribution is 2.39. The molecule has 122 valence electrons. The molecule has 22 heavy (non-hydrogen) atoms. The Kier molecular flexibility index (Phi) is 5.50. The second-order valence-corrected chi connectivity index (χ2v) is 6.66. The molecule has 4 nitrogen and oxygen atoms in total. The Hall–Kier alpha value is -1.07. The molecule has 3 rings (SSSR count). The number of aromatic nitrogens is 1. The summed E-state index contributed by atoms with van der Waals surface area (Å²) in [6, 6.07) is 8.95. The molecule has 0 amide bonds. The average molecular weight is 324 g/mol. The molecule has 1 saturated heterocycles. The van der Waals surface area contributed by atoms with Crippen molar-refractivity contribution in [1.82, 2.24) is 15.2 Å². The van der Waals surface area contributed by atoms with Gasteiger partial charge in [-0.3, -0.25) is 4.90 Å². The lowest BCUT2D eigenvalue weighted by molar-refractivity contribution is 0.0306. The van der Waals surface area contributed by atoms with Gasteiger partial charge < -0.3 is 15.4 Å². The molecule has 0 spiro atoms. The van der Waals surface area contributed by atoms with Crippen LogP contribution in [0.5, 0.6) is 0 Å². The number of H-pyrrole nitrogens is 1. The van der Waals surface area contributed by atoms with Crippen LogP contribution in [-0.4, -0.2) is 47.8 Å². The number of nitrogens with zero attached hydrogens (tertiary/aromatic N) is 1. The highest BCUT2D eigenvalue weighted by Gasteiger charge is 2.35. The molecule has 2 aromatic rings. The van der Waals surface area contributed by atoms with Crippen molar-refractivity contribution in [1.29, 1.82) is 0 Å². The second-order valence-electron chi connectivity index (χ2n) is 6.66. The summed E-state index contributed by atoms with van der Waals surface area (Å²) in [5, 5.41) is 14.5. The van der Waals surface area contributed by atoms with Gasteiger partial charge in [-0.1, -0.05) is 19.9 Å². The number of benzene rings is 1. The van der Waals surface area contributed by atoms with Crippen LogP contribution in [0.25, 0.3) is 10.9 Å². The fourth-order valence-corrected chi connectivity index (χ4v) is 3.42. The summed E-state index contributed by atoms with van der Waals surface area (Å²) < 4.78 is 0. The smallest absolute Gasteiger partial charge is 0.0500 e. The molecule has 0 radical (unpaired) electrons. The van der Waals surface area contributed by atoms with Gasteiger partial charge in [0.2, 0.25) is 0 Å². The van der Waals surface area contributed by atoms with E-state index in [0.29, 0.717) is 0 Å². The van der Waals surface area contributed by atoms with Crippen molar-refractivity contribution in [2.24, 2.45) is 5.41 Å². The van der Waals surface area contributed by atoms with E-state index in [2.05, 4.69) is 53.3 Å². The monoisotopic (exact) mass is 323 g/mol. The number of aliphatic hydroxyl groups is 1. The Bertz CT molecular complexity index is 605. The van der Waals surface area contributed by atoms with E-state index in [0.717, 1.165) is 26.2 Å². The van der Waals surface area contributed by atoms with Crippen molar-refractivity contribution in [3.05, 3.63) is 36.0 Å². The minimum Gasteiger partial charge on any atom is -0.396 e. The van der Waals surface area contributed by atoms with E-state index in [9.17, 15) is 5.11 Å². The number of halogens is 1. The predicted molar refractivity (Wildman–Crippen MR) is 93.6 cm³/mol. The van der Waals surface area contributed by atoms with Gasteiger partial charge in [0, 0.05) is 56.0 Å². The first-order valence-electron chi connectivity index (χ1n) is 7.74. The summed E-state index contributed by atoms with van der Waals surface area (Å²) in [7, 11) is 0. The van der Waals surface area contributed by atoms with Crippen LogP contribution in [0.2, 0.25) is 0 Å². The molecule has 0 unspecified atom stereocenters. The van der Waals surface area contributed by atoms with Crippen LogP contribution in [0.15, 0.2) is 30.5 Å². The summed E-state index contributed by atoms with van der Waals surface area (Å²) in [5.74, 6) is 0. The van der Waals surface area contributed by atoms with Crippen LogP contribution >= 0.6 is 12.4 Å². The number of aromatic amines is 1. The van der Waals surface area contributed by atoms with Gasteiger partial charge in [0.05, 0.1) is 0 Å². The third kappa shape index (κ3) is 3.30. The van der Waals surface area contributed by atoms with Crippen molar-refractivity contribution in [2.75, 3.05) is 32.8 Å². The van der Waals surface area contributed by atoms with Crippen molar-refractivity contribution < 1.29 is 5.11 Å². The molecule has 3 N–H and O–H groups in total. The van der Waals surface area contributed by atoms with Gasteiger partial charge in [0.1, 0.15) is 0 Å². The first-order chi connectivity index (χ1) is 10.1. The number of piperazine rings is 1. The average Bonchev–Trinajstić information content (AvgIpc) is 2.96. The van der Waals surface area contributed by atoms with Crippen molar-refractivity contribution in [3.63, 3.8) is 0 Å². The van der Waals surface area contributed by atoms with E-state index in [4.69, 9.17) is 0 Å². The molecular formula is C17H26ClN3O. The Labute approximate surface area is 138 Å². The van der Waals surface area contributed by atoms with Crippen molar-refractivity contribution >= 4 is 23.3 Å².